The van der Waals surface area contributed by atoms with Gasteiger partial charge in [0.25, 0.3) is 5.91 Å². The molecule has 2 N–H and O–H groups in total. The van der Waals surface area contributed by atoms with E-state index >= 15 is 0 Å². The Morgan fingerprint density at radius 2 is 2.16 bits per heavy atom. The number of phenolic OH excluding ortho intramolecular Hbond substituents is 1. The minimum atomic E-state index is -0.664. The first-order valence-corrected chi connectivity index (χ1v) is 6.54. The number of benzene rings is 1. The molecular formula is C14H19FN2O2. The normalized spacial score (nSPS) is 16.6. The van der Waals surface area contributed by atoms with Gasteiger partial charge < -0.3 is 15.3 Å². The smallest absolute Gasteiger partial charge is 0.256 e. The summed E-state index contributed by atoms with van der Waals surface area (Å²) >= 11 is 0. The van der Waals surface area contributed by atoms with Gasteiger partial charge in [-0.25, -0.2) is 4.39 Å². The van der Waals surface area contributed by atoms with E-state index in [4.69, 9.17) is 5.11 Å². The van der Waals surface area contributed by atoms with E-state index in [9.17, 15) is 9.18 Å². The maximum absolute atomic E-state index is 13.6. The summed E-state index contributed by atoms with van der Waals surface area (Å²) in [4.78, 5) is 13.9. The van der Waals surface area contributed by atoms with Crippen molar-refractivity contribution in [3.8, 4) is 5.75 Å². The van der Waals surface area contributed by atoms with E-state index in [-0.39, 0.29) is 17.2 Å². The van der Waals surface area contributed by atoms with Crippen LogP contribution in [0.5, 0.6) is 5.75 Å². The van der Waals surface area contributed by atoms with Crippen molar-refractivity contribution >= 4 is 5.91 Å². The van der Waals surface area contributed by atoms with E-state index in [0.29, 0.717) is 19.0 Å². The molecule has 5 heteroatoms. The van der Waals surface area contributed by atoms with Crippen LogP contribution >= 0.6 is 0 Å². The third kappa shape index (κ3) is 3.23. The molecule has 0 bridgehead atoms. The largest absolute Gasteiger partial charge is 0.508 e. The Kier molecular flexibility index (Phi) is 4.37. The Morgan fingerprint density at radius 3 is 2.74 bits per heavy atom. The SMILES string of the molecule is CNCC1CCN(C(=O)c2ccc(O)cc2F)CC1. The molecule has 1 aliphatic heterocycles. The fraction of sp³-hybridized carbons (Fsp3) is 0.500. The summed E-state index contributed by atoms with van der Waals surface area (Å²) in [5.74, 6) is -0.539. The van der Waals surface area contributed by atoms with Crippen LogP contribution in [0.15, 0.2) is 18.2 Å². The molecule has 0 aliphatic carbocycles. The average molecular weight is 266 g/mol. The molecule has 0 aromatic heterocycles. The van der Waals surface area contributed by atoms with Crippen LogP contribution in [0.3, 0.4) is 0 Å². The Balaban J connectivity index is 2.01. The van der Waals surface area contributed by atoms with Gasteiger partial charge in [-0.05, 0) is 44.5 Å². The van der Waals surface area contributed by atoms with Gasteiger partial charge in [-0.2, -0.15) is 0 Å². The summed E-state index contributed by atoms with van der Waals surface area (Å²) in [6.45, 7) is 2.27. The van der Waals surface area contributed by atoms with E-state index in [1.54, 1.807) is 4.90 Å². The van der Waals surface area contributed by atoms with Crippen LogP contribution < -0.4 is 5.32 Å². The van der Waals surface area contributed by atoms with Gasteiger partial charge >= 0.3 is 0 Å². The van der Waals surface area contributed by atoms with Gasteiger partial charge in [0.05, 0.1) is 5.56 Å². The fourth-order valence-electron chi connectivity index (χ4n) is 2.48. The maximum atomic E-state index is 13.6. The molecule has 0 unspecified atom stereocenters. The van der Waals surface area contributed by atoms with E-state index in [2.05, 4.69) is 5.32 Å². The lowest BCUT2D eigenvalue weighted by Crippen LogP contribution is -2.40. The van der Waals surface area contributed by atoms with Crippen molar-refractivity contribution in [2.24, 2.45) is 5.92 Å². The minimum Gasteiger partial charge on any atom is -0.508 e. The van der Waals surface area contributed by atoms with Crippen molar-refractivity contribution in [3.63, 3.8) is 0 Å². The minimum absolute atomic E-state index is 0.0323. The predicted molar refractivity (Wildman–Crippen MR) is 70.6 cm³/mol. The van der Waals surface area contributed by atoms with Gasteiger partial charge in [0.1, 0.15) is 11.6 Å². The summed E-state index contributed by atoms with van der Waals surface area (Å²) in [5, 5.41) is 12.3. The second kappa shape index (κ2) is 6.02. The Hall–Kier alpha value is -1.62. The van der Waals surface area contributed by atoms with Crippen molar-refractivity contribution in [1.82, 2.24) is 10.2 Å². The molecule has 1 heterocycles. The molecule has 1 aromatic rings. The van der Waals surface area contributed by atoms with Gasteiger partial charge in [-0.3, -0.25) is 4.79 Å². The zero-order valence-electron chi connectivity index (χ0n) is 11.0. The number of aromatic hydroxyl groups is 1. The highest BCUT2D eigenvalue weighted by molar-refractivity contribution is 5.94. The lowest BCUT2D eigenvalue weighted by Gasteiger charge is -2.32. The molecular weight excluding hydrogens is 247 g/mol. The van der Waals surface area contributed by atoms with Crippen LogP contribution in [-0.4, -0.2) is 42.6 Å². The molecule has 19 heavy (non-hydrogen) atoms. The number of carbonyl (C=O) groups excluding carboxylic acids is 1. The molecule has 1 fully saturated rings. The number of likely N-dealkylation sites (tertiary alicyclic amines) is 1. The standard InChI is InChI=1S/C14H19FN2O2/c1-16-9-10-4-6-17(7-5-10)14(19)12-3-2-11(18)8-13(12)15/h2-3,8,10,16,18H,4-7,9H2,1H3. The third-order valence-electron chi connectivity index (χ3n) is 3.58. The van der Waals surface area contributed by atoms with E-state index in [1.165, 1.54) is 12.1 Å². The first kappa shape index (κ1) is 13.8. The number of hydrogen-bond donors (Lipinski definition) is 2. The summed E-state index contributed by atoms with van der Waals surface area (Å²) in [6.07, 6.45) is 1.87. The van der Waals surface area contributed by atoms with E-state index in [1.807, 2.05) is 7.05 Å². The van der Waals surface area contributed by atoms with Crippen LogP contribution in [0.2, 0.25) is 0 Å². The molecule has 0 radical (unpaired) electrons. The zero-order chi connectivity index (χ0) is 13.8. The molecule has 2 rings (SSSR count). The summed E-state index contributed by atoms with van der Waals surface area (Å²) in [6, 6.07) is 3.65. The number of nitrogens with one attached hydrogen (secondary N) is 1. The van der Waals surface area contributed by atoms with Crippen LogP contribution in [0, 0.1) is 11.7 Å². The highest BCUT2D eigenvalue weighted by atomic mass is 19.1. The van der Waals surface area contributed by atoms with E-state index < -0.39 is 5.82 Å². The molecule has 104 valence electrons. The average Bonchev–Trinajstić information content (AvgIpc) is 2.39. The molecule has 1 aromatic carbocycles. The van der Waals surface area contributed by atoms with Gasteiger partial charge in [0.2, 0.25) is 0 Å². The summed E-state index contributed by atoms with van der Waals surface area (Å²) in [5.41, 5.74) is 0.0323. The molecule has 1 saturated heterocycles. The van der Waals surface area contributed by atoms with Crippen molar-refractivity contribution in [2.45, 2.75) is 12.8 Å². The number of phenols is 1. The fourth-order valence-corrected chi connectivity index (χ4v) is 2.48. The van der Waals surface area contributed by atoms with Crippen LogP contribution in [0.1, 0.15) is 23.2 Å². The van der Waals surface area contributed by atoms with Gasteiger partial charge in [-0.1, -0.05) is 0 Å². The quantitative estimate of drug-likeness (QED) is 0.874. The van der Waals surface area contributed by atoms with Crippen LogP contribution in [0.25, 0.3) is 0 Å². The van der Waals surface area contributed by atoms with Crippen LogP contribution in [-0.2, 0) is 0 Å². The Bertz CT molecular complexity index is 457. The van der Waals surface area contributed by atoms with Gasteiger partial charge in [0, 0.05) is 19.2 Å². The van der Waals surface area contributed by atoms with Crippen molar-refractivity contribution < 1.29 is 14.3 Å². The molecule has 0 spiro atoms. The second-order valence-electron chi connectivity index (χ2n) is 4.96. The first-order chi connectivity index (χ1) is 9.11. The highest BCUT2D eigenvalue weighted by Crippen LogP contribution is 2.21. The Labute approximate surface area is 112 Å². The second-order valence-corrected chi connectivity index (χ2v) is 4.96. The van der Waals surface area contributed by atoms with Crippen LogP contribution in [0.4, 0.5) is 4.39 Å². The topological polar surface area (TPSA) is 52.6 Å². The van der Waals surface area contributed by atoms with E-state index in [0.717, 1.165) is 25.5 Å². The number of hydrogen-bond acceptors (Lipinski definition) is 3. The van der Waals surface area contributed by atoms with Gasteiger partial charge in [-0.15, -0.1) is 0 Å². The molecule has 0 atom stereocenters. The zero-order valence-corrected chi connectivity index (χ0v) is 11.0. The lowest BCUT2D eigenvalue weighted by molar-refractivity contribution is 0.0686. The first-order valence-electron chi connectivity index (χ1n) is 6.54. The van der Waals surface area contributed by atoms with Crippen molar-refractivity contribution in [3.05, 3.63) is 29.6 Å². The number of carbonyl (C=O) groups is 1. The number of amides is 1. The van der Waals surface area contributed by atoms with Gasteiger partial charge in [0.15, 0.2) is 0 Å². The summed E-state index contributed by atoms with van der Waals surface area (Å²) in [7, 11) is 1.92. The molecule has 0 saturated carbocycles. The highest BCUT2D eigenvalue weighted by Gasteiger charge is 2.24. The van der Waals surface area contributed by atoms with Crippen molar-refractivity contribution in [2.75, 3.05) is 26.7 Å². The molecule has 1 aliphatic rings. The monoisotopic (exact) mass is 266 g/mol. The predicted octanol–water partition coefficient (Wildman–Crippen LogP) is 1.60. The number of piperidine rings is 1. The number of rotatable bonds is 3. The molecule has 1 amide bonds. The third-order valence-corrected chi connectivity index (χ3v) is 3.58. The van der Waals surface area contributed by atoms with Crippen molar-refractivity contribution in [1.29, 1.82) is 0 Å². The molecule has 4 nitrogen and oxygen atoms in total. The lowest BCUT2D eigenvalue weighted by atomic mass is 9.96. The Morgan fingerprint density at radius 1 is 1.47 bits per heavy atom. The number of halogens is 1. The maximum Gasteiger partial charge on any atom is 0.256 e. The number of nitrogens with zero attached hydrogens (tertiary/aromatic N) is 1. The summed E-state index contributed by atoms with van der Waals surface area (Å²) < 4.78 is 13.6.